The highest BCUT2D eigenvalue weighted by Crippen LogP contribution is 2.04. The molecule has 0 saturated carbocycles. The van der Waals surface area contributed by atoms with Gasteiger partial charge in [0.1, 0.15) is 18.9 Å². The summed E-state index contributed by atoms with van der Waals surface area (Å²) >= 11 is 0. The molecule has 0 aliphatic heterocycles. The summed E-state index contributed by atoms with van der Waals surface area (Å²) in [5, 5.41) is 11.1. The summed E-state index contributed by atoms with van der Waals surface area (Å²) in [5.74, 6) is -4.39. The second kappa shape index (κ2) is 9.34. The minimum Gasteiger partial charge on any atom is -0.481 e. The van der Waals surface area contributed by atoms with Crippen LogP contribution in [0.15, 0.2) is 30.3 Å². The van der Waals surface area contributed by atoms with Crippen molar-refractivity contribution in [1.82, 2.24) is 5.32 Å². The van der Waals surface area contributed by atoms with Crippen LogP contribution >= 0.6 is 0 Å². The molecular formula is C16H19NO6. The van der Waals surface area contributed by atoms with Gasteiger partial charge >= 0.3 is 11.9 Å². The number of hydrogen-bond donors (Lipinski definition) is 2. The molecule has 1 unspecified atom stereocenters. The Morgan fingerprint density at radius 3 is 2.39 bits per heavy atom. The first kappa shape index (κ1) is 18.3. The van der Waals surface area contributed by atoms with Crippen LogP contribution in [-0.2, 0) is 30.5 Å². The average molecular weight is 321 g/mol. The molecule has 1 aromatic carbocycles. The summed E-state index contributed by atoms with van der Waals surface area (Å²) in [6, 6.07) is 8.99. The monoisotopic (exact) mass is 321 g/mol. The van der Waals surface area contributed by atoms with E-state index in [1.54, 1.807) is 31.2 Å². The minimum atomic E-state index is -1.23. The van der Waals surface area contributed by atoms with Crippen molar-refractivity contribution < 1.29 is 29.0 Å². The molecule has 1 amide bonds. The van der Waals surface area contributed by atoms with Gasteiger partial charge in [0.2, 0.25) is 5.91 Å². The molecule has 0 aromatic heterocycles. The summed E-state index contributed by atoms with van der Waals surface area (Å²) < 4.78 is 4.93. The van der Waals surface area contributed by atoms with Crippen LogP contribution in [0.5, 0.6) is 0 Å². The zero-order valence-electron chi connectivity index (χ0n) is 12.8. The zero-order chi connectivity index (χ0) is 17.2. The molecule has 1 atom stereocenters. The Morgan fingerprint density at radius 1 is 1.17 bits per heavy atom. The summed E-state index contributed by atoms with van der Waals surface area (Å²) in [5.41, 5.74) is 0.795. The van der Waals surface area contributed by atoms with Crippen LogP contribution in [0.25, 0.3) is 0 Å². The van der Waals surface area contributed by atoms with Gasteiger partial charge in [-0.05, 0) is 12.0 Å². The molecule has 2 N–H and O–H groups in total. The molecule has 0 aliphatic carbocycles. The predicted molar refractivity (Wildman–Crippen MR) is 80.3 cm³/mol. The predicted octanol–water partition coefficient (Wildman–Crippen LogP) is 0.916. The number of aliphatic carboxylic acids is 1. The summed E-state index contributed by atoms with van der Waals surface area (Å²) in [7, 11) is 0. The lowest BCUT2D eigenvalue weighted by Crippen LogP contribution is -2.36. The first-order valence-electron chi connectivity index (χ1n) is 7.15. The highest BCUT2D eigenvalue weighted by atomic mass is 16.5. The third-order valence-corrected chi connectivity index (χ3v) is 3.10. The standard InChI is InChI=1S/C16H19NO6/c1-2-12(16(21)22)13(18)9-17-14(19)8-15(20)23-10-11-6-4-3-5-7-11/h3-7,12H,2,8-10H2,1H3,(H,17,19)(H,21,22). The Balaban J connectivity index is 2.31. The van der Waals surface area contributed by atoms with Gasteiger partial charge in [0, 0.05) is 0 Å². The highest BCUT2D eigenvalue weighted by molar-refractivity contribution is 6.01. The smallest absolute Gasteiger partial charge is 0.315 e. The molecule has 0 fully saturated rings. The maximum atomic E-state index is 11.6. The number of nitrogens with one attached hydrogen (secondary N) is 1. The third-order valence-electron chi connectivity index (χ3n) is 3.10. The Morgan fingerprint density at radius 2 is 1.83 bits per heavy atom. The molecular weight excluding hydrogens is 302 g/mol. The molecule has 1 rings (SSSR count). The molecule has 0 spiro atoms. The second-order valence-corrected chi connectivity index (χ2v) is 4.87. The van der Waals surface area contributed by atoms with Gasteiger partial charge in [-0.25, -0.2) is 0 Å². The first-order valence-corrected chi connectivity index (χ1v) is 7.15. The lowest BCUT2D eigenvalue weighted by molar-refractivity contribution is -0.149. The molecule has 0 bridgehead atoms. The van der Waals surface area contributed by atoms with Crippen molar-refractivity contribution in [2.24, 2.45) is 5.92 Å². The maximum absolute atomic E-state index is 11.6. The number of benzene rings is 1. The van der Waals surface area contributed by atoms with Crippen LogP contribution in [0.1, 0.15) is 25.3 Å². The van der Waals surface area contributed by atoms with Crippen molar-refractivity contribution in [2.75, 3.05) is 6.54 Å². The Kier molecular flexibility index (Phi) is 7.45. The summed E-state index contributed by atoms with van der Waals surface area (Å²) in [6.45, 7) is 1.21. The Hall–Kier alpha value is -2.70. The van der Waals surface area contributed by atoms with Crippen molar-refractivity contribution >= 4 is 23.6 Å². The molecule has 7 nitrogen and oxygen atoms in total. The van der Waals surface area contributed by atoms with E-state index in [4.69, 9.17) is 9.84 Å². The zero-order valence-corrected chi connectivity index (χ0v) is 12.8. The van der Waals surface area contributed by atoms with Gasteiger partial charge in [-0.2, -0.15) is 0 Å². The van der Waals surface area contributed by atoms with E-state index >= 15 is 0 Å². The van der Waals surface area contributed by atoms with E-state index in [0.717, 1.165) is 5.56 Å². The number of carbonyl (C=O) groups excluding carboxylic acids is 3. The van der Waals surface area contributed by atoms with Gasteiger partial charge in [-0.3, -0.25) is 19.2 Å². The summed E-state index contributed by atoms with van der Waals surface area (Å²) in [4.78, 5) is 45.5. The van der Waals surface area contributed by atoms with Crippen LogP contribution < -0.4 is 5.32 Å². The second-order valence-electron chi connectivity index (χ2n) is 4.87. The van der Waals surface area contributed by atoms with Gasteiger partial charge in [0.15, 0.2) is 5.78 Å². The Bertz CT molecular complexity index is 569. The highest BCUT2D eigenvalue weighted by Gasteiger charge is 2.24. The first-order chi connectivity index (χ1) is 10.9. The van der Waals surface area contributed by atoms with E-state index in [1.165, 1.54) is 0 Å². The number of carboxylic acid groups (broad SMARTS) is 1. The van der Waals surface area contributed by atoms with Crippen molar-refractivity contribution in [2.45, 2.75) is 26.4 Å². The number of ketones is 1. The van der Waals surface area contributed by atoms with Crippen LogP contribution in [-0.4, -0.2) is 35.3 Å². The number of amides is 1. The van der Waals surface area contributed by atoms with Gasteiger partial charge in [-0.15, -0.1) is 0 Å². The molecule has 0 heterocycles. The van der Waals surface area contributed by atoms with E-state index in [-0.39, 0.29) is 13.0 Å². The van der Waals surface area contributed by atoms with Crippen LogP contribution in [0.4, 0.5) is 0 Å². The number of carbonyl (C=O) groups is 4. The van der Waals surface area contributed by atoms with Crippen molar-refractivity contribution in [3.05, 3.63) is 35.9 Å². The molecule has 124 valence electrons. The third kappa shape index (κ3) is 6.73. The minimum absolute atomic E-state index is 0.0583. The molecule has 0 aliphatic rings. The molecule has 23 heavy (non-hydrogen) atoms. The number of hydrogen-bond acceptors (Lipinski definition) is 5. The molecule has 1 aromatic rings. The average Bonchev–Trinajstić information content (AvgIpc) is 2.52. The van der Waals surface area contributed by atoms with E-state index in [0.29, 0.717) is 0 Å². The number of ether oxygens (including phenoxy) is 1. The van der Waals surface area contributed by atoms with E-state index in [9.17, 15) is 19.2 Å². The lowest BCUT2D eigenvalue weighted by Gasteiger charge is -2.09. The lowest BCUT2D eigenvalue weighted by atomic mass is 10.0. The SMILES string of the molecule is CCC(C(=O)O)C(=O)CNC(=O)CC(=O)OCc1ccccc1. The summed E-state index contributed by atoms with van der Waals surface area (Å²) in [6.07, 6.45) is -0.382. The topological polar surface area (TPSA) is 110 Å². The van der Waals surface area contributed by atoms with Crippen LogP contribution in [0.3, 0.4) is 0 Å². The van der Waals surface area contributed by atoms with Crippen molar-refractivity contribution in [3.8, 4) is 0 Å². The fraction of sp³-hybridized carbons (Fsp3) is 0.375. The quantitative estimate of drug-likeness (QED) is 0.517. The Labute approximate surface area is 133 Å². The van der Waals surface area contributed by atoms with E-state index in [2.05, 4.69) is 5.32 Å². The van der Waals surface area contributed by atoms with E-state index in [1.807, 2.05) is 6.07 Å². The molecule has 0 radical (unpaired) electrons. The molecule has 7 heteroatoms. The number of esters is 1. The molecule has 0 saturated heterocycles. The fourth-order valence-corrected chi connectivity index (χ4v) is 1.83. The van der Waals surface area contributed by atoms with Crippen molar-refractivity contribution in [1.29, 1.82) is 0 Å². The van der Waals surface area contributed by atoms with Crippen LogP contribution in [0.2, 0.25) is 0 Å². The number of carboxylic acids is 1. The number of rotatable bonds is 9. The van der Waals surface area contributed by atoms with Gasteiger partial charge in [0.25, 0.3) is 0 Å². The van der Waals surface area contributed by atoms with Crippen LogP contribution in [0, 0.1) is 5.92 Å². The fourth-order valence-electron chi connectivity index (χ4n) is 1.83. The van der Waals surface area contributed by atoms with Gasteiger partial charge in [-0.1, -0.05) is 37.3 Å². The van der Waals surface area contributed by atoms with E-state index < -0.39 is 42.5 Å². The van der Waals surface area contributed by atoms with Crippen molar-refractivity contribution in [3.63, 3.8) is 0 Å². The normalized spacial score (nSPS) is 11.3. The van der Waals surface area contributed by atoms with Gasteiger partial charge < -0.3 is 15.2 Å². The van der Waals surface area contributed by atoms with Gasteiger partial charge in [0.05, 0.1) is 6.54 Å². The maximum Gasteiger partial charge on any atom is 0.315 e. The largest absolute Gasteiger partial charge is 0.481 e. The number of Topliss-reactive ketones (excluding diaryl/α,β-unsaturated/α-hetero) is 1.